The van der Waals surface area contributed by atoms with Crippen molar-refractivity contribution in [3.63, 3.8) is 0 Å². The fourth-order valence-electron chi connectivity index (χ4n) is 1.66. The van der Waals surface area contributed by atoms with Gasteiger partial charge in [-0.2, -0.15) is 13.2 Å². The Morgan fingerprint density at radius 1 is 1.38 bits per heavy atom. The zero-order chi connectivity index (χ0) is 16.0. The molecule has 0 aromatic carbocycles. The Morgan fingerprint density at radius 3 is 2.57 bits per heavy atom. The van der Waals surface area contributed by atoms with Crippen LogP contribution in [0, 0.1) is 0 Å². The van der Waals surface area contributed by atoms with Crippen molar-refractivity contribution in [3.05, 3.63) is 29.6 Å². The number of alkyl halides is 3. The van der Waals surface area contributed by atoms with E-state index >= 15 is 0 Å². The number of halogens is 3. The number of amides is 1. The van der Waals surface area contributed by atoms with Crippen LogP contribution in [0.2, 0.25) is 0 Å². The lowest BCUT2D eigenvalue weighted by molar-refractivity contribution is -0.140. The van der Waals surface area contributed by atoms with Crippen molar-refractivity contribution in [2.24, 2.45) is 0 Å². The molecule has 116 valence electrons. The SMILES string of the molecule is CCCCN(CC(F)(F)F)C(=O)c1cc(C(=O)O)ccn1. The second kappa shape index (κ2) is 7.05. The lowest BCUT2D eigenvalue weighted by Crippen LogP contribution is -2.40. The van der Waals surface area contributed by atoms with Gasteiger partial charge in [0.1, 0.15) is 12.2 Å². The standard InChI is InChI=1S/C13H15F3N2O3/c1-2-3-6-18(8-13(14,15)16)11(19)10-7-9(12(20)21)4-5-17-10/h4-5,7H,2-3,6,8H2,1H3,(H,20,21). The number of carbonyl (C=O) groups is 2. The molecular formula is C13H15F3N2O3. The molecule has 1 amide bonds. The molecule has 1 heterocycles. The molecule has 0 atom stereocenters. The van der Waals surface area contributed by atoms with Crippen LogP contribution in [0.4, 0.5) is 13.2 Å². The molecule has 1 aromatic rings. The highest BCUT2D eigenvalue weighted by Crippen LogP contribution is 2.18. The fourth-order valence-corrected chi connectivity index (χ4v) is 1.66. The molecule has 1 aromatic heterocycles. The number of nitrogens with zero attached hydrogens (tertiary/aromatic N) is 2. The van der Waals surface area contributed by atoms with Gasteiger partial charge in [0.2, 0.25) is 0 Å². The largest absolute Gasteiger partial charge is 0.478 e. The van der Waals surface area contributed by atoms with Crippen molar-refractivity contribution in [1.82, 2.24) is 9.88 Å². The first-order chi connectivity index (χ1) is 9.74. The molecule has 0 aliphatic carbocycles. The number of hydrogen-bond donors (Lipinski definition) is 1. The van der Waals surface area contributed by atoms with Gasteiger partial charge in [0, 0.05) is 12.7 Å². The van der Waals surface area contributed by atoms with E-state index in [-0.39, 0.29) is 17.8 Å². The molecule has 0 saturated carbocycles. The van der Waals surface area contributed by atoms with Crippen molar-refractivity contribution in [2.75, 3.05) is 13.1 Å². The normalized spacial score (nSPS) is 11.2. The molecule has 5 nitrogen and oxygen atoms in total. The third-order valence-electron chi connectivity index (χ3n) is 2.66. The topological polar surface area (TPSA) is 70.5 Å². The van der Waals surface area contributed by atoms with Crippen LogP contribution in [0.3, 0.4) is 0 Å². The molecule has 1 N–H and O–H groups in total. The number of pyridine rings is 1. The van der Waals surface area contributed by atoms with Crippen LogP contribution in [0.15, 0.2) is 18.3 Å². The number of carboxylic acids is 1. The molecule has 1 rings (SSSR count). The number of unbranched alkanes of at least 4 members (excludes halogenated alkanes) is 1. The molecule has 21 heavy (non-hydrogen) atoms. The first-order valence-electron chi connectivity index (χ1n) is 6.30. The molecular weight excluding hydrogens is 289 g/mol. The average Bonchev–Trinajstić information content (AvgIpc) is 2.41. The van der Waals surface area contributed by atoms with Crippen LogP contribution in [0.25, 0.3) is 0 Å². The lowest BCUT2D eigenvalue weighted by atomic mass is 10.2. The average molecular weight is 304 g/mol. The van der Waals surface area contributed by atoms with Crippen LogP contribution in [0.5, 0.6) is 0 Å². The summed E-state index contributed by atoms with van der Waals surface area (Å²) in [5.74, 6) is -2.20. The maximum atomic E-state index is 12.5. The Kier molecular flexibility index (Phi) is 5.69. The summed E-state index contributed by atoms with van der Waals surface area (Å²) in [5.41, 5.74) is -0.508. The highest BCUT2D eigenvalue weighted by molar-refractivity contribution is 5.95. The Bertz CT molecular complexity index is 518. The van der Waals surface area contributed by atoms with Gasteiger partial charge in [0.05, 0.1) is 5.56 Å². The molecule has 0 unspecified atom stereocenters. The Morgan fingerprint density at radius 2 is 2.05 bits per heavy atom. The summed E-state index contributed by atoms with van der Waals surface area (Å²) in [5, 5.41) is 8.82. The number of aromatic nitrogens is 1. The van der Waals surface area contributed by atoms with E-state index in [1.165, 1.54) is 6.07 Å². The van der Waals surface area contributed by atoms with Crippen LogP contribution < -0.4 is 0 Å². The van der Waals surface area contributed by atoms with E-state index in [9.17, 15) is 22.8 Å². The fraction of sp³-hybridized carbons (Fsp3) is 0.462. The molecule has 0 radical (unpaired) electrons. The van der Waals surface area contributed by atoms with E-state index in [0.29, 0.717) is 17.7 Å². The van der Waals surface area contributed by atoms with Crippen molar-refractivity contribution >= 4 is 11.9 Å². The van der Waals surface area contributed by atoms with E-state index in [1.54, 1.807) is 6.92 Å². The van der Waals surface area contributed by atoms with Gasteiger partial charge in [0.15, 0.2) is 0 Å². The number of carboxylic acid groups (broad SMARTS) is 1. The molecule has 0 saturated heterocycles. The maximum absolute atomic E-state index is 12.5. The van der Waals surface area contributed by atoms with Crippen LogP contribution >= 0.6 is 0 Å². The molecule has 8 heteroatoms. The van der Waals surface area contributed by atoms with Gasteiger partial charge >= 0.3 is 12.1 Å². The summed E-state index contributed by atoms with van der Waals surface area (Å²) in [6, 6.07) is 2.14. The predicted molar refractivity (Wildman–Crippen MR) is 68.1 cm³/mol. The number of rotatable bonds is 6. The van der Waals surface area contributed by atoms with Gasteiger partial charge in [-0.1, -0.05) is 13.3 Å². The minimum absolute atomic E-state index is 0.0617. The van der Waals surface area contributed by atoms with Gasteiger partial charge in [-0.05, 0) is 18.6 Å². The van der Waals surface area contributed by atoms with Crippen molar-refractivity contribution in [3.8, 4) is 0 Å². The summed E-state index contributed by atoms with van der Waals surface area (Å²) in [6.07, 6.45) is -2.39. The molecule has 0 spiro atoms. The first kappa shape index (κ1) is 16.9. The second-order valence-corrected chi connectivity index (χ2v) is 4.43. The van der Waals surface area contributed by atoms with Crippen LogP contribution in [-0.4, -0.2) is 46.1 Å². The number of hydrogen-bond acceptors (Lipinski definition) is 3. The molecule has 0 bridgehead atoms. The summed E-state index contributed by atoms with van der Waals surface area (Å²) in [6.45, 7) is 0.345. The highest BCUT2D eigenvalue weighted by atomic mass is 19.4. The van der Waals surface area contributed by atoms with Gasteiger partial charge in [-0.3, -0.25) is 9.78 Å². The van der Waals surface area contributed by atoms with Gasteiger partial charge in [0.25, 0.3) is 5.91 Å². The smallest absolute Gasteiger partial charge is 0.406 e. The predicted octanol–water partition coefficient (Wildman–Crippen LogP) is 2.58. The number of carbonyl (C=O) groups excluding carboxylic acids is 1. The van der Waals surface area contributed by atoms with E-state index in [1.807, 2.05) is 0 Å². The molecule has 0 aliphatic heterocycles. The van der Waals surface area contributed by atoms with Crippen molar-refractivity contribution < 1.29 is 27.9 Å². The summed E-state index contributed by atoms with van der Waals surface area (Å²) in [7, 11) is 0. The first-order valence-corrected chi connectivity index (χ1v) is 6.30. The van der Waals surface area contributed by atoms with Crippen LogP contribution in [0.1, 0.15) is 40.6 Å². The zero-order valence-electron chi connectivity index (χ0n) is 11.4. The Balaban J connectivity index is 2.98. The summed E-state index contributed by atoms with van der Waals surface area (Å²) < 4.78 is 37.5. The Hall–Kier alpha value is -2.12. The lowest BCUT2D eigenvalue weighted by Gasteiger charge is -2.23. The summed E-state index contributed by atoms with van der Waals surface area (Å²) in [4.78, 5) is 27.2. The second-order valence-electron chi connectivity index (χ2n) is 4.43. The maximum Gasteiger partial charge on any atom is 0.406 e. The van der Waals surface area contributed by atoms with E-state index in [4.69, 9.17) is 5.11 Å². The Labute approximate surface area is 119 Å². The van der Waals surface area contributed by atoms with Gasteiger partial charge in [-0.25, -0.2) is 4.79 Å². The molecule has 0 fully saturated rings. The zero-order valence-corrected chi connectivity index (χ0v) is 11.4. The monoisotopic (exact) mass is 304 g/mol. The van der Waals surface area contributed by atoms with E-state index in [0.717, 1.165) is 12.3 Å². The highest BCUT2D eigenvalue weighted by Gasteiger charge is 2.33. The number of aromatic carboxylic acids is 1. The van der Waals surface area contributed by atoms with Crippen molar-refractivity contribution in [1.29, 1.82) is 0 Å². The summed E-state index contributed by atoms with van der Waals surface area (Å²) >= 11 is 0. The van der Waals surface area contributed by atoms with Crippen LogP contribution in [-0.2, 0) is 0 Å². The minimum atomic E-state index is -4.52. The van der Waals surface area contributed by atoms with Gasteiger partial charge in [-0.15, -0.1) is 0 Å². The third kappa shape index (κ3) is 5.41. The van der Waals surface area contributed by atoms with E-state index in [2.05, 4.69) is 4.98 Å². The molecule has 0 aliphatic rings. The van der Waals surface area contributed by atoms with E-state index < -0.39 is 24.6 Å². The quantitative estimate of drug-likeness (QED) is 0.877. The minimum Gasteiger partial charge on any atom is -0.478 e. The van der Waals surface area contributed by atoms with Crippen molar-refractivity contribution in [2.45, 2.75) is 25.9 Å². The van der Waals surface area contributed by atoms with Gasteiger partial charge < -0.3 is 10.0 Å². The third-order valence-corrected chi connectivity index (χ3v) is 2.66.